The minimum atomic E-state index is -0.0791. The second kappa shape index (κ2) is 6.43. The molecule has 112 valence electrons. The van der Waals surface area contributed by atoms with Crippen LogP contribution < -0.4 is 10.6 Å². The van der Waals surface area contributed by atoms with E-state index in [-0.39, 0.29) is 24.4 Å². The normalized spacial score (nSPS) is 26.2. The van der Waals surface area contributed by atoms with Gasteiger partial charge in [0.05, 0.1) is 0 Å². The topological polar surface area (TPSA) is 80.6 Å². The summed E-state index contributed by atoms with van der Waals surface area (Å²) < 4.78 is 0. The van der Waals surface area contributed by atoms with E-state index in [9.17, 15) is 4.79 Å². The van der Waals surface area contributed by atoms with E-state index in [2.05, 4.69) is 15.6 Å². The number of halogens is 1. The number of aliphatic imine (C=N–C) groups is 1. The van der Waals surface area contributed by atoms with Crippen molar-refractivity contribution in [2.24, 2.45) is 10.9 Å². The van der Waals surface area contributed by atoms with Crippen molar-refractivity contribution in [3.8, 4) is 0 Å². The Morgan fingerprint density at radius 1 is 1.30 bits per heavy atom. The highest BCUT2D eigenvalue weighted by atomic mass is 35.5. The highest BCUT2D eigenvalue weighted by Crippen LogP contribution is 2.34. The quantitative estimate of drug-likeness (QED) is 0.500. The molecule has 0 bridgehead atoms. The Kier molecular flexibility index (Phi) is 4.86. The molecule has 1 unspecified atom stereocenters. The Hall–Kier alpha value is -1.30. The van der Waals surface area contributed by atoms with Gasteiger partial charge < -0.3 is 10.2 Å². The molecule has 1 atom stereocenters. The zero-order valence-corrected chi connectivity index (χ0v) is 12.3. The average Bonchev–Trinajstić information content (AvgIpc) is 3.23. The van der Waals surface area contributed by atoms with Crippen molar-refractivity contribution in [3.63, 3.8) is 0 Å². The molecule has 2 heterocycles. The fourth-order valence-corrected chi connectivity index (χ4v) is 2.77. The summed E-state index contributed by atoms with van der Waals surface area (Å²) in [7, 11) is 0. The fraction of sp³-hybridized carbons (Fsp3) is 0.769. The van der Waals surface area contributed by atoms with E-state index in [4.69, 9.17) is 5.41 Å². The monoisotopic (exact) mass is 299 g/mol. The maximum absolute atomic E-state index is 11.6. The second-order valence-corrected chi connectivity index (χ2v) is 5.67. The van der Waals surface area contributed by atoms with Gasteiger partial charge in [0.1, 0.15) is 0 Å². The lowest BCUT2D eigenvalue weighted by atomic mass is 10.1. The van der Waals surface area contributed by atoms with Crippen LogP contribution in [0.4, 0.5) is 0 Å². The van der Waals surface area contributed by atoms with Crippen LogP contribution in [0, 0.1) is 11.3 Å². The van der Waals surface area contributed by atoms with Gasteiger partial charge >= 0.3 is 0 Å². The van der Waals surface area contributed by atoms with E-state index in [1.54, 1.807) is 0 Å². The van der Waals surface area contributed by atoms with E-state index < -0.39 is 0 Å². The Balaban J connectivity index is 0.00000147. The number of hydrogen-bond acceptors (Lipinski definition) is 3. The van der Waals surface area contributed by atoms with Crippen LogP contribution in [0.15, 0.2) is 4.99 Å². The Morgan fingerprint density at radius 2 is 2.00 bits per heavy atom. The Bertz CT molecular complexity index is 415. The van der Waals surface area contributed by atoms with Gasteiger partial charge in [0.25, 0.3) is 5.91 Å². The molecule has 3 aliphatic rings. The summed E-state index contributed by atoms with van der Waals surface area (Å²) in [5.41, 5.74) is 0. The van der Waals surface area contributed by atoms with Gasteiger partial charge in [-0.25, -0.2) is 0 Å². The molecule has 1 aliphatic carbocycles. The SMILES string of the molecule is Cl.N=C(NC1=NC(=O)CC(C2CC2)N1)N1CCCCC1. The number of likely N-dealkylation sites (tertiary alicyclic amines) is 1. The highest BCUT2D eigenvalue weighted by Gasteiger charge is 2.35. The van der Waals surface area contributed by atoms with Crippen molar-refractivity contribution in [3.05, 3.63) is 0 Å². The van der Waals surface area contributed by atoms with E-state index in [1.165, 1.54) is 19.3 Å². The van der Waals surface area contributed by atoms with Crippen molar-refractivity contribution in [2.45, 2.75) is 44.6 Å². The molecule has 0 spiro atoms. The van der Waals surface area contributed by atoms with Gasteiger partial charge in [-0.05, 0) is 38.0 Å². The first kappa shape index (κ1) is 15.1. The molecule has 7 heteroatoms. The predicted molar refractivity (Wildman–Crippen MR) is 80.2 cm³/mol. The number of rotatable bonds is 1. The van der Waals surface area contributed by atoms with Gasteiger partial charge in [-0.15, -0.1) is 12.4 Å². The molecular weight excluding hydrogens is 278 g/mol. The van der Waals surface area contributed by atoms with E-state index in [0.29, 0.717) is 24.3 Å². The second-order valence-electron chi connectivity index (χ2n) is 5.67. The lowest BCUT2D eigenvalue weighted by molar-refractivity contribution is -0.118. The van der Waals surface area contributed by atoms with E-state index in [1.807, 2.05) is 4.90 Å². The van der Waals surface area contributed by atoms with Gasteiger partial charge in [-0.2, -0.15) is 4.99 Å². The molecule has 0 radical (unpaired) electrons. The van der Waals surface area contributed by atoms with Crippen LogP contribution in [0.2, 0.25) is 0 Å². The smallest absolute Gasteiger partial charge is 0.250 e. The zero-order chi connectivity index (χ0) is 13.2. The van der Waals surface area contributed by atoms with Gasteiger partial charge in [0.15, 0.2) is 5.96 Å². The number of nitrogens with zero attached hydrogens (tertiary/aromatic N) is 2. The molecule has 1 saturated carbocycles. The number of amides is 1. The summed E-state index contributed by atoms with van der Waals surface area (Å²) in [5, 5.41) is 14.3. The van der Waals surface area contributed by atoms with Crippen molar-refractivity contribution >= 4 is 30.2 Å². The molecule has 1 saturated heterocycles. The number of carbonyl (C=O) groups excluding carboxylic acids is 1. The predicted octanol–water partition coefficient (Wildman–Crippen LogP) is 1.07. The Morgan fingerprint density at radius 3 is 2.65 bits per heavy atom. The maximum atomic E-state index is 11.6. The van der Waals surface area contributed by atoms with Gasteiger partial charge in [0.2, 0.25) is 5.96 Å². The molecule has 1 amide bonds. The summed E-state index contributed by atoms with van der Waals surface area (Å²) in [6, 6.07) is 0.210. The first-order valence-corrected chi connectivity index (χ1v) is 7.21. The molecule has 0 aromatic carbocycles. The third kappa shape index (κ3) is 3.62. The molecule has 20 heavy (non-hydrogen) atoms. The first-order chi connectivity index (χ1) is 9.22. The number of carbonyl (C=O) groups is 1. The molecule has 2 fully saturated rings. The third-order valence-electron chi connectivity index (χ3n) is 4.05. The van der Waals surface area contributed by atoms with Gasteiger partial charge in [-0.3, -0.25) is 15.5 Å². The maximum Gasteiger partial charge on any atom is 0.250 e. The van der Waals surface area contributed by atoms with Crippen LogP contribution in [0.1, 0.15) is 38.5 Å². The number of piperidine rings is 1. The van der Waals surface area contributed by atoms with Crippen LogP contribution in [0.3, 0.4) is 0 Å². The molecular formula is C13H22ClN5O. The standard InChI is InChI=1S/C13H21N5O.ClH/c14-12(18-6-2-1-3-7-18)17-13-15-10(9-4-5-9)8-11(19)16-13;/h9-10H,1-8H2,(H3,14,15,16,17,19);1H. The first-order valence-electron chi connectivity index (χ1n) is 7.21. The molecule has 0 aromatic rings. The fourth-order valence-electron chi connectivity index (χ4n) is 2.77. The summed E-state index contributed by atoms with van der Waals surface area (Å²) >= 11 is 0. The molecule has 6 nitrogen and oxygen atoms in total. The molecule has 3 N–H and O–H groups in total. The van der Waals surface area contributed by atoms with Crippen molar-refractivity contribution < 1.29 is 4.79 Å². The lowest BCUT2D eigenvalue weighted by Gasteiger charge is -2.31. The molecule has 0 aromatic heterocycles. The van der Waals surface area contributed by atoms with Gasteiger partial charge in [0, 0.05) is 25.6 Å². The van der Waals surface area contributed by atoms with E-state index >= 15 is 0 Å². The number of hydrogen-bond donors (Lipinski definition) is 3. The largest absolute Gasteiger partial charge is 0.352 e. The summed E-state index contributed by atoms with van der Waals surface area (Å²) in [6.45, 7) is 1.83. The third-order valence-corrected chi connectivity index (χ3v) is 4.05. The van der Waals surface area contributed by atoms with Crippen LogP contribution in [-0.2, 0) is 4.79 Å². The van der Waals surface area contributed by atoms with Crippen LogP contribution in [0.5, 0.6) is 0 Å². The van der Waals surface area contributed by atoms with E-state index in [0.717, 1.165) is 25.9 Å². The van der Waals surface area contributed by atoms with Crippen molar-refractivity contribution in [2.75, 3.05) is 13.1 Å². The van der Waals surface area contributed by atoms with Crippen LogP contribution in [-0.4, -0.2) is 41.9 Å². The minimum absolute atomic E-state index is 0. The Labute approximate surface area is 125 Å². The van der Waals surface area contributed by atoms with Crippen LogP contribution in [0.25, 0.3) is 0 Å². The summed E-state index contributed by atoms with van der Waals surface area (Å²) in [4.78, 5) is 17.6. The lowest BCUT2D eigenvalue weighted by Crippen LogP contribution is -2.54. The van der Waals surface area contributed by atoms with Gasteiger partial charge in [-0.1, -0.05) is 0 Å². The minimum Gasteiger partial charge on any atom is -0.352 e. The summed E-state index contributed by atoms with van der Waals surface area (Å²) in [5.74, 6) is 1.35. The molecule has 2 aliphatic heterocycles. The van der Waals surface area contributed by atoms with Crippen molar-refractivity contribution in [1.29, 1.82) is 5.41 Å². The number of guanidine groups is 2. The van der Waals surface area contributed by atoms with Crippen molar-refractivity contribution in [1.82, 2.24) is 15.5 Å². The molecule has 3 rings (SSSR count). The van der Waals surface area contributed by atoms with Crippen LogP contribution >= 0.6 is 12.4 Å². The number of nitrogens with one attached hydrogen (secondary N) is 3. The average molecular weight is 300 g/mol. The summed E-state index contributed by atoms with van der Waals surface area (Å²) in [6.07, 6.45) is 6.39. The highest BCUT2D eigenvalue weighted by molar-refractivity contribution is 6.03. The zero-order valence-electron chi connectivity index (χ0n) is 11.5.